The van der Waals surface area contributed by atoms with E-state index in [0.29, 0.717) is 5.56 Å². The van der Waals surface area contributed by atoms with Gasteiger partial charge in [0.15, 0.2) is 0 Å². The van der Waals surface area contributed by atoms with Gasteiger partial charge in [0.25, 0.3) is 0 Å². The molecule has 0 heterocycles. The fraction of sp³-hybridized carbons (Fsp3) is 0.538. The second kappa shape index (κ2) is 5.38. The van der Waals surface area contributed by atoms with Crippen LogP contribution in [-0.4, -0.2) is 14.5 Å². The first-order chi connectivity index (χ1) is 8.18. The van der Waals surface area contributed by atoms with Gasteiger partial charge in [0.2, 0.25) is 10.0 Å². The molecular formula is C13H22N2O2S. The summed E-state index contributed by atoms with van der Waals surface area (Å²) in [5, 5.41) is 0. The zero-order valence-electron chi connectivity index (χ0n) is 11.4. The molecule has 4 nitrogen and oxygen atoms in total. The Labute approximate surface area is 110 Å². The molecule has 0 fully saturated rings. The van der Waals surface area contributed by atoms with Crippen molar-refractivity contribution >= 4 is 10.0 Å². The maximum absolute atomic E-state index is 12.3. The van der Waals surface area contributed by atoms with Crippen LogP contribution in [0.2, 0.25) is 0 Å². The number of nitrogens with two attached hydrogens (primary N) is 1. The SMILES string of the molecule is CC(NS(=O)(=O)c1ccccc1CN)C(C)(C)C. The molecule has 0 aliphatic heterocycles. The number of hydrogen-bond acceptors (Lipinski definition) is 3. The summed E-state index contributed by atoms with van der Waals surface area (Å²) in [4.78, 5) is 0.267. The smallest absolute Gasteiger partial charge is 0.241 e. The van der Waals surface area contributed by atoms with Gasteiger partial charge in [-0.05, 0) is 24.0 Å². The van der Waals surface area contributed by atoms with Gasteiger partial charge in [-0.1, -0.05) is 39.0 Å². The molecule has 0 radical (unpaired) electrons. The molecule has 1 aromatic carbocycles. The van der Waals surface area contributed by atoms with Crippen molar-refractivity contribution in [2.45, 2.75) is 45.2 Å². The molecule has 0 aliphatic rings. The minimum absolute atomic E-state index is 0.134. The van der Waals surface area contributed by atoms with Gasteiger partial charge < -0.3 is 5.73 Å². The standard InChI is InChI=1S/C13H22N2O2S/c1-10(13(2,3)4)15-18(16,17)12-8-6-5-7-11(12)9-14/h5-8,10,15H,9,14H2,1-4H3. The summed E-state index contributed by atoms with van der Waals surface area (Å²) < 4.78 is 27.3. The lowest BCUT2D eigenvalue weighted by Gasteiger charge is -2.28. The Kier molecular flexibility index (Phi) is 4.53. The van der Waals surface area contributed by atoms with Crippen LogP contribution in [0.15, 0.2) is 29.2 Å². The summed E-state index contributed by atoms with van der Waals surface area (Å²) in [6, 6.07) is 6.65. The third-order valence-electron chi connectivity index (χ3n) is 3.11. The highest BCUT2D eigenvalue weighted by atomic mass is 32.2. The largest absolute Gasteiger partial charge is 0.326 e. The minimum Gasteiger partial charge on any atom is -0.326 e. The monoisotopic (exact) mass is 270 g/mol. The first-order valence-electron chi connectivity index (χ1n) is 5.99. The quantitative estimate of drug-likeness (QED) is 0.877. The lowest BCUT2D eigenvalue weighted by atomic mass is 9.89. The Morgan fingerprint density at radius 2 is 1.83 bits per heavy atom. The number of benzene rings is 1. The van der Waals surface area contributed by atoms with Gasteiger partial charge in [0, 0.05) is 12.6 Å². The van der Waals surface area contributed by atoms with E-state index < -0.39 is 10.0 Å². The molecule has 18 heavy (non-hydrogen) atoms. The van der Waals surface area contributed by atoms with Crippen LogP contribution in [0.4, 0.5) is 0 Å². The molecule has 1 rings (SSSR count). The van der Waals surface area contributed by atoms with Crippen LogP contribution < -0.4 is 10.5 Å². The summed E-state index contributed by atoms with van der Waals surface area (Å²) in [5.74, 6) is 0. The first-order valence-corrected chi connectivity index (χ1v) is 7.47. The average Bonchev–Trinajstić information content (AvgIpc) is 2.27. The van der Waals surface area contributed by atoms with Gasteiger partial charge >= 0.3 is 0 Å². The van der Waals surface area contributed by atoms with E-state index in [0.717, 1.165) is 0 Å². The third kappa shape index (κ3) is 3.54. The van der Waals surface area contributed by atoms with E-state index in [1.807, 2.05) is 27.7 Å². The zero-order chi connectivity index (χ0) is 14.0. The van der Waals surface area contributed by atoms with Crippen molar-refractivity contribution in [2.75, 3.05) is 0 Å². The Morgan fingerprint density at radius 1 is 1.28 bits per heavy atom. The van der Waals surface area contributed by atoms with Gasteiger partial charge in [-0.3, -0.25) is 0 Å². The molecule has 5 heteroatoms. The van der Waals surface area contributed by atoms with Gasteiger partial charge in [-0.2, -0.15) is 0 Å². The molecule has 3 N–H and O–H groups in total. The van der Waals surface area contributed by atoms with Crippen molar-refractivity contribution in [3.63, 3.8) is 0 Å². The summed E-state index contributed by atoms with van der Waals surface area (Å²) >= 11 is 0. The van der Waals surface area contributed by atoms with E-state index in [9.17, 15) is 8.42 Å². The van der Waals surface area contributed by atoms with Crippen LogP contribution >= 0.6 is 0 Å². The lowest BCUT2D eigenvalue weighted by molar-refractivity contribution is 0.317. The van der Waals surface area contributed by atoms with Crippen molar-refractivity contribution in [2.24, 2.45) is 11.1 Å². The van der Waals surface area contributed by atoms with Gasteiger partial charge in [0.1, 0.15) is 0 Å². The normalized spacial score (nSPS) is 14.5. The molecular weight excluding hydrogens is 248 g/mol. The molecule has 0 aromatic heterocycles. The highest BCUT2D eigenvalue weighted by molar-refractivity contribution is 7.89. The van der Waals surface area contributed by atoms with E-state index in [4.69, 9.17) is 5.73 Å². The third-order valence-corrected chi connectivity index (χ3v) is 4.75. The van der Waals surface area contributed by atoms with Crippen molar-refractivity contribution in [1.29, 1.82) is 0 Å². The average molecular weight is 270 g/mol. The van der Waals surface area contributed by atoms with Crippen LogP contribution in [0.5, 0.6) is 0 Å². The van der Waals surface area contributed by atoms with Crippen LogP contribution in [0.3, 0.4) is 0 Å². The molecule has 102 valence electrons. The lowest BCUT2D eigenvalue weighted by Crippen LogP contribution is -2.41. The van der Waals surface area contributed by atoms with Crippen molar-refractivity contribution in [3.05, 3.63) is 29.8 Å². The van der Waals surface area contributed by atoms with Gasteiger partial charge in [-0.15, -0.1) is 0 Å². The highest BCUT2D eigenvalue weighted by Crippen LogP contribution is 2.22. The molecule has 0 aliphatic carbocycles. The predicted octanol–water partition coefficient (Wildman–Crippen LogP) is 1.86. The second-order valence-electron chi connectivity index (χ2n) is 5.52. The Morgan fingerprint density at radius 3 is 2.33 bits per heavy atom. The summed E-state index contributed by atoms with van der Waals surface area (Å²) in [5.41, 5.74) is 6.07. The van der Waals surface area contributed by atoms with Crippen LogP contribution in [0, 0.1) is 5.41 Å². The van der Waals surface area contributed by atoms with Crippen LogP contribution in [0.1, 0.15) is 33.3 Å². The maximum atomic E-state index is 12.3. The molecule has 1 atom stereocenters. The maximum Gasteiger partial charge on any atom is 0.241 e. The summed E-state index contributed by atoms with van der Waals surface area (Å²) in [7, 11) is -3.52. The fourth-order valence-electron chi connectivity index (χ4n) is 1.41. The first kappa shape index (κ1) is 15.1. The molecule has 0 saturated heterocycles. The molecule has 0 spiro atoms. The molecule has 0 amide bonds. The predicted molar refractivity (Wildman–Crippen MR) is 73.6 cm³/mol. The summed E-state index contributed by atoms with van der Waals surface area (Å²) in [6.45, 7) is 8.06. The van der Waals surface area contributed by atoms with Crippen LogP contribution in [-0.2, 0) is 16.6 Å². The van der Waals surface area contributed by atoms with E-state index in [-0.39, 0.29) is 22.9 Å². The number of rotatable bonds is 4. The number of nitrogens with one attached hydrogen (secondary N) is 1. The second-order valence-corrected chi connectivity index (χ2v) is 7.20. The summed E-state index contributed by atoms with van der Waals surface area (Å²) in [6.07, 6.45) is 0. The van der Waals surface area contributed by atoms with Crippen molar-refractivity contribution in [3.8, 4) is 0 Å². The van der Waals surface area contributed by atoms with Gasteiger partial charge in [0.05, 0.1) is 4.90 Å². The minimum atomic E-state index is -3.52. The van der Waals surface area contributed by atoms with Gasteiger partial charge in [-0.25, -0.2) is 13.1 Å². The topological polar surface area (TPSA) is 72.2 Å². The van der Waals surface area contributed by atoms with E-state index in [2.05, 4.69) is 4.72 Å². The molecule has 0 saturated carbocycles. The van der Waals surface area contributed by atoms with E-state index in [1.165, 1.54) is 0 Å². The Hall–Kier alpha value is -0.910. The van der Waals surface area contributed by atoms with E-state index >= 15 is 0 Å². The number of hydrogen-bond donors (Lipinski definition) is 2. The molecule has 0 bridgehead atoms. The molecule has 1 aromatic rings. The van der Waals surface area contributed by atoms with Crippen molar-refractivity contribution < 1.29 is 8.42 Å². The van der Waals surface area contributed by atoms with Crippen LogP contribution in [0.25, 0.3) is 0 Å². The zero-order valence-corrected chi connectivity index (χ0v) is 12.2. The van der Waals surface area contributed by atoms with E-state index in [1.54, 1.807) is 24.3 Å². The Bertz CT molecular complexity index is 504. The number of sulfonamides is 1. The van der Waals surface area contributed by atoms with Crippen molar-refractivity contribution in [1.82, 2.24) is 4.72 Å². The Balaban J connectivity index is 3.08. The highest BCUT2D eigenvalue weighted by Gasteiger charge is 2.26. The fourth-order valence-corrected chi connectivity index (χ4v) is 3.11. The molecule has 1 unspecified atom stereocenters.